The fourth-order valence-electron chi connectivity index (χ4n) is 5.72. The Morgan fingerprint density at radius 3 is 2.11 bits per heavy atom. The van der Waals surface area contributed by atoms with E-state index in [-0.39, 0.29) is 34.0 Å². The van der Waals surface area contributed by atoms with Crippen LogP contribution in [0.2, 0.25) is 5.02 Å². The van der Waals surface area contributed by atoms with E-state index in [2.05, 4.69) is 0 Å². The van der Waals surface area contributed by atoms with E-state index in [1.807, 2.05) is 0 Å². The molecule has 0 N–H and O–H groups in total. The highest BCUT2D eigenvalue weighted by molar-refractivity contribution is 6.37. The zero-order valence-electron chi connectivity index (χ0n) is 20.1. The van der Waals surface area contributed by atoms with Crippen molar-refractivity contribution < 1.29 is 33.4 Å². The van der Waals surface area contributed by atoms with Gasteiger partial charge in [-0.1, -0.05) is 54.1 Å². The van der Waals surface area contributed by atoms with E-state index in [1.165, 1.54) is 36.4 Å². The number of halogens is 1. The molecule has 3 aromatic carbocycles. The van der Waals surface area contributed by atoms with Gasteiger partial charge in [-0.25, -0.2) is 9.69 Å². The highest BCUT2D eigenvalue weighted by atomic mass is 35.5. The molecule has 6 rings (SSSR count). The Hall–Kier alpha value is -4.14. The average Bonchev–Trinajstić information content (AvgIpc) is 3.49. The van der Waals surface area contributed by atoms with Crippen molar-refractivity contribution in [2.75, 3.05) is 11.5 Å². The van der Waals surface area contributed by atoms with Gasteiger partial charge in [-0.3, -0.25) is 19.2 Å². The lowest BCUT2D eigenvalue weighted by atomic mass is 9.77. The molecule has 2 saturated heterocycles. The third-order valence-corrected chi connectivity index (χ3v) is 7.71. The summed E-state index contributed by atoms with van der Waals surface area (Å²) in [5.74, 6) is -5.76. The smallest absolute Gasteiger partial charge is 0.338 e. The number of amides is 2. The summed E-state index contributed by atoms with van der Waals surface area (Å²) in [5.41, 5.74) is -1.05. The summed E-state index contributed by atoms with van der Waals surface area (Å²) in [4.78, 5) is 68.5. The van der Waals surface area contributed by atoms with Gasteiger partial charge in [0.2, 0.25) is 29.0 Å². The zero-order chi connectivity index (χ0) is 26.8. The Kier molecular flexibility index (Phi) is 5.55. The number of rotatable bonds is 4. The third-order valence-electron chi connectivity index (χ3n) is 7.37. The zero-order valence-corrected chi connectivity index (χ0v) is 20.8. The first kappa shape index (κ1) is 24.2. The molecule has 0 aromatic heterocycles. The van der Waals surface area contributed by atoms with E-state index in [9.17, 15) is 24.0 Å². The maximum atomic E-state index is 14.0. The molecule has 1 aliphatic carbocycles. The van der Waals surface area contributed by atoms with Crippen LogP contribution in [0.5, 0.6) is 0 Å². The Morgan fingerprint density at radius 1 is 0.895 bits per heavy atom. The van der Waals surface area contributed by atoms with Crippen LogP contribution in [0.25, 0.3) is 0 Å². The van der Waals surface area contributed by atoms with E-state index in [0.717, 1.165) is 4.90 Å². The molecule has 8 nitrogen and oxygen atoms in total. The van der Waals surface area contributed by atoms with Crippen LogP contribution >= 0.6 is 11.6 Å². The van der Waals surface area contributed by atoms with Crippen LogP contribution in [0.3, 0.4) is 0 Å². The van der Waals surface area contributed by atoms with Crippen LogP contribution in [0.4, 0.5) is 5.69 Å². The van der Waals surface area contributed by atoms with E-state index in [4.69, 9.17) is 21.1 Å². The highest BCUT2D eigenvalue weighted by Crippen LogP contribution is 2.58. The van der Waals surface area contributed by atoms with Crippen molar-refractivity contribution in [2.24, 2.45) is 11.8 Å². The molecule has 3 aromatic rings. The molecule has 3 atom stereocenters. The molecule has 2 heterocycles. The molecule has 38 heavy (non-hydrogen) atoms. The number of hydrogen-bond acceptors (Lipinski definition) is 7. The number of Topliss-reactive ketones (excluding diaryl/α,β-unsaturated/α-hetero) is 2. The van der Waals surface area contributed by atoms with E-state index < -0.39 is 52.9 Å². The lowest BCUT2D eigenvalue weighted by Gasteiger charge is -2.27. The lowest BCUT2D eigenvalue weighted by Crippen LogP contribution is -2.51. The normalized spacial score (nSPS) is 23.2. The first-order chi connectivity index (χ1) is 18.3. The predicted molar refractivity (Wildman–Crippen MR) is 135 cm³/mol. The number of carbonyl (C=O) groups is 5. The number of esters is 1. The Labute approximate surface area is 222 Å². The van der Waals surface area contributed by atoms with E-state index in [1.54, 1.807) is 43.3 Å². The number of ketones is 2. The van der Waals surface area contributed by atoms with Crippen molar-refractivity contribution in [3.05, 3.63) is 100 Å². The predicted octanol–water partition coefficient (Wildman–Crippen LogP) is 4.21. The Bertz CT molecular complexity index is 1510. The SMILES string of the molecule is CCOC(=O)c1ccc(N2C(=O)C3C(c4ccccc4Cl)OC4(C(=O)c5ccccc5C4=O)C3C2=O)cc1. The summed E-state index contributed by atoms with van der Waals surface area (Å²) in [7, 11) is 0. The van der Waals surface area contributed by atoms with Gasteiger partial charge >= 0.3 is 5.97 Å². The Balaban J connectivity index is 1.48. The number of benzene rings is 3. The molecule has 190 valence electrons. The number of nitrogens with zero attached hydrogens (tertiary/aromatic N) is 1. The summed E-state index contributed by atoms with van der Waals surface area (Å²) in [6, 6.07) is 18.7. The minimum atomic E-state index is -2.19. The van der Waals surface area contributed by atoms with E-state index in [0.29, 0.717) is 5.56 Å². The number of ether oxygens (including phenoxy) is 2. The fourth-order valence-corrected chi connectivity index (χ4v) is 5.96. The monoisotopic (exact) mass is 529 g/mol. The van der Waals surface area contributed by atoms with Gasteiger partial charge in [-0.15, -0.1) is 0 Å². The van der Waals surface area contributed by atoms with Crippen molar-refractivity contribution in [1.82, 2.24) is 0 Å². The van der Waals surface area contributed by atoms with E-state index >= 15 is 0 Å². The van der Waals surface area contributed by atoms with Crippen molar-refractivity contribution in [1.29, 1.82) is 0 Å². The molecule has 2 fully saturated rings. The van der Waals surface area contributed by atoms with Crippen LogP contribution in [0.15, 0.2) is 72.8 Å². The van der Waals surface area contributed by atoms with Gasteiger partial charge < -0.3 is 9.47 Å². The maximum absolute atomic E-state index is 14.0. The van der Waals surface area contributed by atoms with Gasteiger partial charge in [0, 0.05) is 21.7 Å². The van der Waals surface area contributed by atoms with Gasteiger partial charge in [0.25, 0.3) is 0 Å². The number of hydrogen-bond donors (Lipinski definition) is 0. The summed E-state index contributed by atoms with van der Waals surface area (Å²) in [6.07, 6.45) is -1.11. The third kappa shape index (κ3) is 3.17. The van der Waals surface area contributed by atoms with Crippen LogP contribution < -0.4 is 4.90 Å². The molecule has 0 radical (unpaired) electrons. The largest absolute Gasteiger partial charge is 0.462 e. The minimum absolute atomic E-state index is 0.147. The van der Waals surface area contributed by atoms with Gasteiger partial charge in [0.15, 0.2) is 0 Å². The van der Waals surface area contributed by atoms with Crippen molar-refractivity contribution >= 4 is 46.6 Å². The first-order valence-corrected chi connectivity index (χ1v) is 12.4. The molecule has 1 spiro atoms. The Morgan fingerprint density at radius 2 is 1.50 bits per heavy atom. The first-order valence-electron chi connectivity index (χ1n) is 12.1. The molecule has 0 saturated carbocycles. The molecule has 9 heteroatoms. The second-order valence-corrected chi connectivity index (χ2v) is 9.69. The van der Waals surface area contributed by atoms with Crippen molar-refractivity contribution in [3.63, 3.8) is 0 Å². The second-order valence-electron chi connectivity index (χ2n) is 9.28. The standard InChI is InChI=1S/C29H20ClNO7/c1-2-37-28(36)15-11-13-16(14-12-15)31-26(34)21-22(27(31)35)29(38-23(21)19-9-5-6-10-20(19)30)24(32)17-7-3-4-8-18(17)25(29)33/h3-14,21-23H,2H2,1H3. The number of carbonyl (C=O) groups excluding carboxylic acids is 5. The van der Waals surface area contributed by atoms with Crippen LogP contribution in [0.1, 0.15) is 49.7 Å². The summed E-state index contributed by atoms with van der Waals surface area (Å²) >= 11 is 6.46. The molecule has 2 aliphatic heterocycles. The molecule has 0 bridgehead atoms. The maximum Gasteiger partial charge on any atom is 0.338 e. The number of imide groups is 1. The number of anilines is 1. The minimum Gasteiger partial charge on any atom is -0.462 e. The average molecular weight is 530 g/mol. The fraction of sp³-hybridized carbons (Fsp3) is 0.207. The van der Waals surface area contributed by atoms with Crippen LogP contribution in [0, 0.1) is 11.8 Å². The van der Waals surface area contributed by atoms with Crippen molar-refractivity contribution in [2.45, 2.75) is 18.6 Å². The summed E-state index contributed by atoms with van der Waals surface area (Å²) < 4.78 is 11.2. The molecular formula is C29H20ClNO7. The quantitative estimate of drug-likeness (QED) is 0.283. The van der Waals surface area contributed by atoms with Crippen molar-refractivity contribution in [3.8, 4) is 0 Å². The molecule has 3 aliphatic rings. The van der Waals surface area contributed by atoms with Gasteiger partial charge in [0.1, 0.15) is 0 Å². The van der Waals surface area contributed by atoms with Gasteiger partial charge in [-0.2, -0.15) is 0 Å². The molecular weight excluding hydrogens is 510 g/mol. The second kappa shape index (κ2) is 8.72. The van der Waals surface area contributed by atoms with Crippen LogP contribution in [-0.2, 0) is 19.1 Å². The molecule has 2 amide bonds. The number of fused-ring (bicyclic) bond motifs is 3. The summed E-state index contributed by atoms with van der Waals surface area (Å²) in [5, 5.41) is 0.279. The van der Waals surface area contributed by atoms with Gasteiger partial charge in [0.05, 0.1) is 35.8 Å². The topological polar surface area (TPSA) is 107 Å². The molecule has 3 unspecified atom stereocenters. The lowest BCUT2D eigenvalue weighted by molar-refractivity contribution is -0.127. The van der Waals surface area contributed by atoms with Gasteiger partial charge in [-0.05, 0) is 37.3 Å². The highest BCUT2D eigenvalue weighted by Gasteiger charge is 2.74. The summed E-state index contributed by atoms with van der Waals surface area (Å²) in [6.45, 7) is 1.88. The van der Waals surface area contributed by atoms with Crippen LogP contribution in [-0.4, -0.2) is 41.6 Å².